The third kappa shape index (κ3) is 8.33. The van der Waals surface area contributed by atoms with Crippen LogP contribution in [-0.2, 0) is 25.4 Å². The molecule has 1 N–H and O–H groups in total. The van der Waals surface area contributed by atoms with Gasteiger partial charge in [0.25, 0.3) is 0 Å². The zero-order chi connectivity index (χ0) is 31.9. The van der Waals surface area contributed by atoms with E-state index < -0.39 is 35.5 Å². The number of aromatic nitrogens is 1. The summed E-state index contributed by atoms with van der Waals surface area (Å²) in [5.74, 6) is -2.24. The molecule has 1 aliphatic rings. The number of rotatable bonds is 12. The predicted octanol–water partition coefficient (Wildman–Crippen LogP) is 6.09. The first-order valence-corrected chi connectivity index (χ1v) is 15.0. The Morgan fingerprint density at radius 1 is 1.00 bits per heavy atom. The van der Waals surface area contributed by atoms with Crippen LogP contribution in [0.2, 0.25) is 0 Å². The molecule has 0 saturated carbocycles. The average Bonchev–Trinajstić information content (AvgIpc) is 3.42. The van der Waals surface area contributed by atoms with Gasteiger partial charge in [0, 0.05) is 12.1 Å². The number of pyridine rings is 1. The minimum atomic E-state index is -1.11. The van der Waals surface area contributed by atoms with Gasteiger partial charge in [0.1, 0.15) is 23.0 Å². The summed E-state index contributed by atoms with van der Waals surface area (Å²) >= 11 is 0. The van der Waals surface area contributed by atoms with Gasteiger partial charge in [0.15, 0.2) is 0 Å². The van der Waals surface area contributed by atoms with Crippen molar-refractivity contribution in [2.75, 3.05) is 24.7 Å². The minimum absolute atomic E-state index is 0.0241. The summed E-state index contributed by atoms with van der Waals surface area (Å²) in [5.41, 5.74) is 0.607. The van der Waals surface area contributed by atoms with Gasteiger partial charge in [-0.3, -0.25) is 0 Å². The third-order valence-electron chi connectivity index (χ3n) is 7.03. The summed E-state index contributed by atoms with van der Waals surface area (Å²) in [5, 5.41) is 9.50. The molecule has 43 heavy (non-hydrogen) atoms. The molecule has 0 aliphatic carbocycles. The van der Waals surface area contributed by atoms with Crippen LogP contribution < -0.4 is 4.90 Å². The number of carboxylic acids is 1. The van der Waals surface area contributed by atoms with E-state index >= 15 is 0 Å². The molecule has 0 bridgehead atoms. The van der Waals surface area contributed by atoms with Crippen molar-refractivity contribution in [2.45, 2.75) is 92.2 Å². The summed E-state index contributed by atoms with van der Waals surface area (Å²) in [6.07, 6.45) is 3.20. The number of carboxylic acid groups (broad SMARTS) is 1. The van der Waals surface area contributed by atoms with Gasteiger partial charge in [-0.15, -0.1) is 0 Å². The number of benzene rings is 1. The van der Waals surface area contributed by atoms with Crippen molar-refractivity contribution in [1.82, 2.24) is 4.98 Å². The third-order valence-corrected chi connectivity index (χ3v) is 7.03. The Labute approximate surface area is 253 Å². The zero-order valence-corrected chi connectivity index (χ0v) is 26.3. The van der Waals surface area contributed by atoms with Crippen molar-refractivity contribution >= 4 is 29.7 Å². The van der Waals surface area contributed by atoms with E-state index in [9.17, 15) is 24.3 Å². The van der Waals surface area contributed by atoms with Crippen LogP contribution >= 0.6 is 0 Å². The van der Waals surface area contributed by atoms with Crippen LogP contribution in [-0.4, -0.2) is 65.4 Å². The van der Waals surface area contributed by atoms with Gasteiger partial charge in [-0.1, -0.05) is 32.4 Å². The van der Waals surface area contributed by atoms with E-state index in [4.69, 9.17) is 19.2 Å². The lowest BCUT2D eigenvalue weighted by Crippen LogP contribution is -2.42. The molecule has 1 aromatic heterocycles. The highest BCUT2D eigenvalue weighted by atomic mass is 16.6. The summed E-state index contributed by atoms with van der Waals surface area (Å²) in [6, 6.07) is 5.25. The van der Waals surface area contributed by atoms with E-state index in [-0.39, 0.29) is 41.3 Å². The maximum atomic E-state index is 13.8. The molecule has 10 nitrogen and oxygen atoms in total. The Kier molecular flexibility index (Phi) is 11.3. The van der Waals surface area contributed by atoms with Gasteiger partial charge < -0.3 is 24.2 Å². The van der Waals surface area contributed by atoms with Crippen LogP contribution in [0.5, 0.6) is 0 Å². The highest BCUT2D eigenvalue weighted by molar-refractivity contribution is 6.10. The Morgan fingerprint density at radius 2 is 1.60 bits per heavy atom. The molecule has 2 aromatic rings. The molecule has 0 unspecified atom stereocenters. The number of nitrogens with zero attached hydrogens (tertiary/aromatic N) is 2. The Hall–Kier alpha value is -3.95. The Balaban J connectivity index is 2.40. The maximum absolute atomic E-state index is 13.8. The van der Waals surface area contributed by atoms with Crippen molar-refractivity contribution in [3.63, 3.8) is 0 Å². The van der Waals surface area contributed by atoms with Crippen LogP contribution in [0.1, 0.15) is 111 Å². The van der Waals surface area contributed by atoms with Crippen molar-refractivity contribution in [3.8, 4) is 11.1 Å². The molecular formula is C33H44N2O8. The second-order valence-corrected chi connectivity index (χ2v) is 12.0. The standard InChI is InChI=1S/C33H44N2O8/c1-8-41-31(39)26-23(13-10-12-20(3)4)34-28(35-19-11-14-24(35)30(38)43-33(5,6)7)27(32(40)42-9-2)25(26)21-15-17-22(18-16-21)29(36)37/h15-18,20,24H,8-14,19H2,1-7H3,(H,36,37)/t24-/m0/s1. The van der Waals surface area contributed by atoms with E-state index in [0.717, 1.165) is 12.8 Å². The fraction of sp³-hybridized carbons (Fsp3) is 0.545. The molecule has 1 aliphatic heterocycles. The molecular weight excluding hydrogens is 552 g/mol. The van der Waals surface area contributed by atoms with E-state index in [2.05, 4.69) is 13.8 Å². The van der Waals surface area contributed by atoms with Crippen molar-refractivity contribution in [2.24, 2.45) is 5.92 Å². The number of hydrogen-bond donors (Lipinski definition) is 1. The first-order valence-electron chi connectivity index (χ1n) is 15.0. The van der Waals surface area contributed by atoms with Crippen molar-refractivity contribution in [1.29, 1.82) is 0 Å². The topological polar surface area (TPSA) is 132 Å². The highest BCUT2D eigenvalue weighted by Crippen LogP contribution is 2.39. The van der Waals surface area contributed by atoms with Crippen LogP contribution in [0.15, 0.2) is 24.3 Å². The van der Waals surface area contributed by atoms with Crippen LogP contribution in [0, 0.1) is 5.92 Å². The number of aryl methyl sites for hydroxylation is 1. The van der Waals surface area contributed by atoms with Gasteiger partial charge in [0.2, 0.25) is 0 Å². The van der Waals surface area contributed by atoms with Crippen LogP contribution in [0.4, 0.5) is 5.82 Å². The van der Waals surface area contributed by atoms with E-state index in [1.54, 1.807) is 51.7 Å². The number of ether oxygens (including phenoxy) is 3. The highest BCUT2D eigenvalue weighted by Gasteiger charge is 2.40. The average molecular weight is 597 g/mol. The van der Waals surface area contributed by atoms with Gasteiger partial charge in [0.05, 0.1) is 30.0 Å². The largest absolute Gasteiger partial charge is 0.478 e. The zero-order valence-electron chi connectivity index (χ0n) is 26.3. The number of aromatic carboxylic acids is 1. The molecule has 0 radical (unpaired) electrons. The molecule has 0 spiro atoms. The Morgan fingerprint density at radius 3 is 2.14 bits per heavy atom. The number of esters is 3. The van der Waals surface area contributed by atoms with Crippen LogP contribution in [0.25, 0.3) is 11.1 Å². The molecule has 234 valence electrons. The number of anilines is 1. The van der Waals surface area contributed by atoms with E-state index in [0.29, 0.717) is 43.0 Å². The Bertz CT molecular complexity index is 1330. The second-order valence-electron chi connectivity index (χ2n) is 12.0. The molecule has 1 atom stereocenters. The summed E-state index contributed by atoms with van der Waals surface area (Å²) < 4.78 is 16.7. The number of carbonyl (C=O) groups excluding carboxylic acids is 3. The number of hydrogen-bond acceptors (Lipinski definition) is 9. The van der Waals surface area contributed by atoms with Gasteiger partial charge in [-0.2, -0.15) is 0 Å². The molecule has 2 heterocycles. The monoisotopic (exact) mass is 596 g/mol. The fourth-order valence-corrected chi connectivity index (χ4v) is 5.21. The molecule has 0 amide bonds. The normalized spacial score (nSPS) is 15.0. The van der Waals surface area contributed by atoms with Crippen LogP contribution in [0.3, 0.4) is 0 Å². The lowest BCUT2D eigenvalue weighted by molar-refractivity contribution is -0.156. The lowest BCUT2D eigenvalue weighted by Gasteiger charge is -2.30. The summed E-state index contributed by atoms with van der Waals surface area (Å²) in [6.45, 7) is 13.6. The molecule has 1 saturated heterocycles. The predicted molar refractivity (Wildman–Crippen MR) is 163 cm³/mol. The van der Waals surface area contributed by atoms with Crippen molar-refractivity contribution < 1.29 is 38.5 Å². The number of carbonyl (C=O) groups is 4. The second kappa shape index (κ2) is 14.5. The quantitative estimate of drug-likeness (QED) is 0.227. The fourth-order valence-electron chi connectivity index (χ4n) is 5.21. The van der Waals surface area contributed by atoms with E-state index in [1.165, 1.54) is 12.1 Å². The summed E-state index contributed by atoms with van der Waals surface area (Å²) in [7, 11) is 0. The van der Waals surface area contributed by atoms with Gasteiger partial charge >= 0.3 is 23.9 Å². The molecule has 1 fully saturated rings. The lowest BCUT2D eigenvalue weighted by atomic mass is 9.90. The molecule has 10 heteroatoms. The minimum Gasteiger partial charge on any atom is -0.478 e. The SMILES string of the molecule is CCOC(=O)c1c(CCCC(C)C)nc(N2CCC[C@H]2C(=O)OC(C)(C)C)c(C(=O)OCC)c1-c1ccc(C(=O)O)cc1. The smallest absolute Gasteiger partial charge is 0.342 e. The first kappa shape index (κ1) is 33.6. The molecule has 1 aromatic carbocycles. The van der Waals surface area contributed by atoms with Gasteiger partial charge in [-0.05, 0) is 83.9 Å². The summed E-state index contributed by atoms with van der Waals surface area (Å²) in [4.78, 5) is 59.1. The maximum Gasteiger partial charge on any atom is 0.342 e. The van der Waals surface area contributed by atoms with Crippen molar-refractivity contribution in [3.05, 3.63) is 46.6 Å². The van der Waals surface area contributed by atoms with E-state index in [1.807, 2.05) is 0 Å². The van der Waals surface area contributed by atoms with Gasteiger partial charge in [-0.25, -0.2) is 24.2 Å². The first-order chi connectivity index (χ1) is 20.3. The molecule has 3 rings (SSSR count).